The van der Waals surface area contributed by atoms with Crippen molar-refractivity contribution in [2.45, 2.75) is 24.5 Å². The number of hydrogen-bond donors (Lipinski definition) is 7. The number of hydrogen-bond acceptors (Lipinski definition) is 14. The predicted octanol–water partition coefficient (Wildman–Crippen LogP) is -0.533. The number of nitrogens with two attached hydrogens (primary N) is 1. The molecule has 194 valence electrons. The summed E-state index contributed by atoms with van der Waals surface area (Å²) in [4.78, 5) is 48.2. The average Bonchev–Trinajstić information content (AvgIpc) is 3.21. The Kier molecular flexibility index (Phi) is 10.1. The number of imidazole rings is 1. The zero-order chi connectivity index (χ0) is 25.9. The van der Waals surface area contributed by atoms with Crippen molar-refractivity contribution in [2.75, 3.05) is 24.9 Å². The van der Waals surface area contributed by atoms with Gasteiger partial charge in [-0.1, -0.05) is 0 Å². The van der Waals surface area contributed by atoms with Crippen molar-refractivity contribution < 1.29 is 56.8 Å². The molecule has 2 aromatic rings. The molecule has 34 heavy (non-hydrogen) atoms. The Balaban J connectivity index is 0.00000129. The fourth-order valence-electron chi connectivity index (χ4n) is 2.62. The lowest BCUT2D eigenvalue weighted by Crippen LogP contribution is -2.33. The minimum atomic E-state index is -5.49. The Morgan fingerprint density at radius 3 is 2.32 bits per heavy atom. The van der Waals surface area contributed by atoms with E-state index in [-0.39, 0.29) is 17.0 Å². The number of aliphatic hydroxyl groups excluding tert-OH is 2. The maximum absolute atomic E-state index is 11.9. The van der Waals surface area contributed by atoms with Crippen LogP contribution < -0.4 is 5.73 Å². The molecule has 0 bridgehead atoms. The zero-order valence-electron chi connectivity index (χ0n) is 17.3. The van der Waals surface area contributed by atoms with Crippen LogP contribution in [0.1, 0.15) is 6.23 Å². The van der Waals surface area contributed by atoms with Crippen LogP contribution in [0.15, 0.2) is 12.7 Å². The fraction of sp³-hybridized carbons (Fsp3) is 0.583. The lowest BCUT2D eigenvalue weighted by atomic mass is 10.1. The number of phosphoric ester groups is 1. The molecule has 1 fully saturated rings. The third-order valence-corrected chi connectivity index (χ3v) is 8.22. The van der Waals surface area contributed by atoms with Crippen molar-refractivity contribution >= 4 is 62.9 Å². The monoisotopic (exact) mass is 585 g/mol. The lowest BCUT2D eigenvalue weighted by molar-refractivity contribution is -0.0503. The van der Waals surface area contributed by atoms with Gasteiger partial charge in [0.1, 0.15) is 30.2 Å². The number of anilines is 1. The smallest absolute Gasteiger partial charge is 0.387 e. The van der Waals surface area contributed by atoms with E-state index in [1.807, 2.05) is 12.5 Å². The second kappa shape index (κ2) is 11.6. The standard InChI is InChI=1S/C10H16N5O12P3S.C2H6S/c11-8-5-9(13-2-12-8)15(3-14-5)10-7(17)6(16)4(25-10)1-24-28(18,19)26-29(20,21)27-30(22,23)31;1-3-2/h2-4,6-7,10,16-17H,1H2,(H,18,19)(H,20,21)(H2,11,12,13)(H2,22,23,31);1-2H3. The van der Waals surface area contributed by atoms with Gasteiger partial charge in [-0.25, -0.2) is 28.4 Å². The largest absolute Gasteiger partial charge is 0.488 e. The highest BCUT2D eigenvalue weighted by molar-refractivity contribution is 8.08. The van der Waals surface area contributed by atoms with E-state index in [1.165, 1.54) is 10.9 Å². The maximum atomic E-state index is 11.9. The van der Waals surface area contributed by atoms with Crippen LogP contribution in [0.4, 0.5) is 5.82 Å². The van der Waals surface area contributed by atoms with E-state index in [0.29, 0.717) is 0 Å². The topological polar surface area (TPSA) is 262 Å². The summed E-state index contributed by atoms with van der Waals surface area (Å²) >= 11 is 5.72. The van der Waals surface area contributed by atoms with E-state index >= 15 is 0 Å². The molecular weight excluding hydrogens is 563 g/mol. The summed E-state index contributed by atoms with van der Waals surface area (Å²) in [6.07, 6.45) is 0.557. The van der Waals surface area contributed by atoms with Gasteiger partial charge in [-0.3, -0.25) is 9.09 Å². The molecular formula is C12H22N5O12P3S2. The summed E-state index contributed by atoms with van der Waals surface area (Å²) in [5.74, 6) is 0.0574. The molecule has 22 heteroatoms. The lowest BCUT2D eigenvalue weighted by Gasteiger charge is -2.19. The van der Waals surface area contributed by atoms with Crippen LogP contribution in [0, 0.1) is 0 Å². The Hall–Kier alpha value is -0.590. The highest BCUT2D eigenvalue weighted by Crippen LogP contribution is 2.66. The molecule has 1 aliphatic rings. The molecule has 3 rings (SSSR count). The molecule has 2 aromatic heterocycles. The molecule has 6 unspecified atom stereocenters. The van der Waals surface area contributed by atoms with Gasteiger partial charge in [-0.15, -0.1) is 0 Å². The van der Waals surface area contributed by atoms with Gasteiger partial charge in [-0.05, 0) is 24.3 Å². The minimum absolute atomic E-state index is 0.0574. The molecule has 0 saturated carbocycles. The number of fused-ring (bicyclic) bond motifs is 1. The summed E-state index contributed by atoms with van der Waals surface area (Å²) in [7, 11) is -10.8. The molecule has 8 N–H and O–H groups in total. The van der Waals surface area contributed by atoms with Crippen LogP contribution in [0.3, 0.4) is 0 Å². The van der Waals surface area contributed by atoms with Crippen LogP contribution >= 0.6 is 34.1 Å². The van der Waals surface area contributed by atoms with Gasteiger partial charge in [0, 0.05) is 0 Å². The number of nitrogen functional groups attached to an aromatic ring is 1. The first-order chi connectivity index (χ1) is 15.6. The Labute approximate surface area is 201 Å². The predicted molar refractivity (Wildman–Crippen MR) is 122 cm³/mol. The number of ether oxygens (including phenoxy) is 1. The molecule has 0 aromatic carbocycles. The number of thioether (sulfide) groups is 1. The summed E-state index contributed by atoms with van der Waals surface area (Å²) in [5.41, 5.74) is 6.05. The molecule has 3 heterocycles. The first-order valence-electron chi connectivity index (χ1n) is 8.74. The summed E-state index contributed by atoms with van der Waals surface area (Å²) in [6.45, 7) is -5.61. The Morgan fingerprint density at radius 2 is 1.74 bits per heavy atom. The average molecular weight is 585 g/mol. The quantitative estimate of drug-likeness (QED) is 0.192. The number of aliphatic hydroxyl groups is 2. The number of phosphoric acid groups is 2. The van der Waals surface area contributed by atoms with Crippen LogP contribution in [0.25, 0.3) is 11.2 Å². The van der Waals surface area contributed by atoms with E-state index in [0.717, 1.165) is 6.33 Å². The first kappa shape index (κ1) is 29.6. The van der Waals surface area contributed by atoms with Crippen molar-refractivity contribution in [3.63, 3.8) is 0 Å². The van der Waals surface area contributed by atoms with E-state index in [2.05, 4.69) is 39.9 Å². The van der Waals surface area contributed by atoms with Gasteiger partial charge >= 0.3 is 22.4 Å². The van der Waals surface area contributed by atoms with Crippen LogP contribution in [0.5, 0.6) is 0 Å². The van der Waals surface area contributed by atoms with Crippen molar-refractivity contribution in [1.82, 2.24) is 19.5 Å². The van der Waals surface area contributed by atoms with Crippen LogP contribution in [-0.2, 0) is 38.8 Å². The molecule has 0 spiro atoms. The van der Waals surface area contributed by atoms with E-state index in [1.54, 1.807) is 11.8 Å². The number of nitrogens with zero attached hydrogens (tertiary/aromatic N) is 4. The SMILES string of the molecule is CSC.Nc1ncnc2c1ncn2C1OC(COP(=O)(O)OP(=O)(O)OP(O)(O)=S)C(O)C1O. The van der Waals surface area contributed by atoms with Gasteiger partial charge in [0.2, 0.25) is 0 Å². The highest BCUT2D eigenvalue weighted by atomic mass is 32.5. The first-order valence-corrected chi connectivity index (χ1v) is 16.0. The molecule has 0 aliphatic carbocycles. The van der Waals surface area contributed by atoms with Crippen LogP contribution in [-0.4, -0.2) is 86.7 Å². The third kappa shape index (κ3) is 7.96. The second-order valence-corrected chi connectivity index (χ2v) is 13.1. The van der Waals surface area contributed by atoms with Gasteiger partial charge in [-0.2, -0.15) is 16.1 Å². The molecule has 0 radical (unpaired) electrons. The zero-order valence-corrected chi connectivity index (χ0v) is 21.6. The van der Waals surface area contributed by atoms with Gasteiger partial charge in [0.05, 0.1) is 12.9 Å². The summed E-state index contributed by atoms with van der Waals surface area (Å²) in [5, 5.41) is 20.5. The minimum Gasteiger partial charge on any atom is -0.387 e. The maximum Gasteiger partial charge on any atom is 0.488 e. The Bertz CT molecular complexity index is 1130. The van der Waals surface area contributed by atoms with Crippen molar-refractivity contribution in [3.8, 4) is 0 Å². The van der Waals surface area contributed by atoms with Gasteiger partial charge in [0.25, 0.3) is 0 Å². The third-order valence-electron chi connectivity index (χ3n) is 3.82. The van der Waals surface area contributed by atoms with Crippen molar-refractivity contribution in [1.29, 1.82) is 0 Å². The fourth-order valence-corrected chi connectivity index (χ4v) is 6.41. The molecule has 0 amide bonds. The highest BCUT2D eigenvalue weighted by Gasteiger charge is 2.46. The van der Waals surface area contributed by atoms with E-state index in [9.17, 15) is 29.1 Å². The van der Waals surface area contributed by atoms with E-state index in [4.69, 9.17) is 20.3 Å². The molecule has 1 aliphatic heterocycles. The van der Waals surface area contributed by atoms with E-state index < -0.39 is 53.5 Å². The molecule has 6 atom stereocenters. The molecule has 17 nitrogen and oxygen atoms in total. The van der Waals surface area contributed by atoms with Crippen molar-refractivity contribution in [2.24, 2.45) is 0 Å². The van der Waals surface area contributed by atoms with Crippen LogP contribution in [0.2, 0.25) is 0 Å². The molecule has 1 saturated heterocycles. The summed E-state index contributed by atoms with van der Waals surface area (Å²) in [6, 6.07) is 0. The van der Waals surface area contributed by atoms with Crippen molar-refractivity contribution in [3.05, 3.63) is 12.7 Å². The summed E-state index contributed by atoms with van der Waals surface area (Å²) < 4.78 is 42.1. The number of aromatic nitrogens is 4. The second-order valence-electron chi connectivity index (χ2n) is 6.42. The Morgan fingerprint density at radius 1 is 1.12 bits per heavy atom. The van der Waals surface area contributed by atoms with Gasteiger partial charge in [0.15, 0.2) is 17.7 Å². The van der Waals surface area contributed by atoms with Gasteiger partial charge < -0.3 is 40.3 Å². The number of rotatable bonds is 8. The normalized spacial score (nSPS) is 26.5.